The van der Waals surface area contributed by atoms with E-state index in [0.717, 1.165) is 5.75 Å². The molecular formula is C3H8O2S. The number of hydrogen-bond acceptors (Lipinski definition) is 2. The molecule has 0 aliphatic rings. The fourth-order valence-electron chi connectivity index (χ4n) is 0. The van der Waals surface area contributed by atoms with Crippen LogP contribution in [0, 0.1) is 0 Å². The van der Waals surface area contributed by atoms with Crippen LogP contribution in [-0.2, 0) is 4.79 Å². The Hall–Kier alpha value is -0.180. The van der Waals surface area contributed by atoms with Gasteiger partial charge in [0.1, 0.15) is 0 Å². The Bertz CT molecular complexity index is 22.8. The molecule has 0 atom stereocenters. The molecule has 0 spiro atoms. The molecule has 2 nitrogen and oxygen atoms in total. The quantitative estimate of drug-likeness (QED) is 0.353. The van der Waals surface area contributed by atoms with E-state index < -0.39 is 0 Å². The van der Waals surface area contributed by atoms with Crippen molar-refractivity contribution in [3.8, 4) is 0 Å². The van der Waals surface area contributed by atoms with E-state index in [1.54, 1.807) is 0 Å². The molecule has 0 saturated heterocycles. The molecule has 38 valence electrons. The van der Waals surface area contributed by atoms with Crippen molar-refractivity contribution < 1.29 is 9.90 Å². The second-order valence-electron chi connectivity index (χ2n) is 0.422. The lowest BCUT2D eigenvalue weighted by molar-refractivity contribution is -0.122. The summed E-state index contributed by atoms with van der Waals surface area (Å²) in [7, 11) is 0. The number of carbonyl (C=O) groups is 1. The van der Waals surface area contributed by atoms with E-state index in [2.05, 4.69) is 12.6 Å². The van der Waals surface area contributed by atoms with Gasteiger partial charge in [-0.3, -0.25) is 4.79 Å². The van der Waals surface area contributed by atoms with Crippen molar-refractivity contribution in [1.82, 2.24) is 0 Å². The minimum absolute atomic E-state index is 0.250. The maximum atomic E-state index is 8.36. The average molecular weight is 108 g/mol. The summed E-state index contributed by atoms with van der Waals surface area (Å²) in [5, 5.41) is 6.89. The van der Waals surface area contributed by atoms with Gasteiger partial charge in [0.25, 0.3) is 6.47 Å². The Labute approximate surface area is 42.6 Å². The highest BCUT2D eigenvalue weighted by atomic mass is 32.1. The largest absolute Gasteiger partial charge is 0.483 e. The molecule has 0 amide bonds. The smallest absolute Gasteiger partial charge is 0.290 e. The number of thiol groups is 1. The molecule has 0 aliphatic carbocycles. The Morgan fingerprint density at radius 2 is 2.00 bits per heavy atom. The lowest BCUT2D eigenvalue weighted by Gasteiger charge is -1.48. The predicted molar refractivity (Wildman–Crippen MR) is 28.2 cm³/mol. The van der Waals surface area contributed by atoms with Crippen molar-refractivity contribution in [3.05, 3.63) is 0 Å². The zero-order chi connectivity index (χ0) is 5.41. The van der Waals surface area contributed by atoms with E-state index >= 15 is 0 Å². The van der Waals surface area contributed by atoms with Crippen molar-refractivity contribution in [2.75, 3.05) is 5.75 Å². The summed E-state index contributed by atoms with van der Waals surface area (Å²) in [4.78, 5) is 8.36. The minimum Gasteiger partial charge on any atom is -0.483 e. The first kappa shape index (κ1) is 9.27. The molecule has 0 saturated carbocycles. The molecular weight excluding hydrogens is 100 g/mol. The molecule has 0 bridgehead atoms. The first-order valence-electron chi connectivity index (χ1n) is 1.52. The van der Waals surface area contributed by atoms with Crippen molar-refractivity contribution in [2.45, 2.75) is 6.92 Å². The standard InChI is InChI=1S/C2H6S.CH2O2/c1-2-3;2-1-3/h3H,2H2,1H3;1H,(H,2,3). The summed E-state index contributed by atoms with van der Waals surface area (Å²) in [5.74, 6) is 0.944. The molecule has 0 unspecified atom stereocenters. The summed E-state index contributed by atoms with van der Waals surface area (Å²) in [6.07, 6.45) is 0. The summed E-state index contributed by atoms with van der Waals surface area (Å²) in [6, 6.07) is 0. The van der Waals surface area contributed by atoms with Crippen LogP contribution in [0.25, 0.3) is 0 Å². The molecule has 0 heterocycles. The molecule has 0 aromatic carbocycles. The number of hydrogen-bond donors (Lipinski definition) is 2. The van der Waals surface area contributed by atoms with E-state index in [0.29, 0.717) is 0 Å². The third kappa shape index (κ3) is 938. The van der Waals surface area contributed by atoms with Crippen LogP contribution in [0.2, 0.25) is 0 Å². The van der Waals surface area contributed by atoms with Gasteiger partial charge < -0.3 is 5.11 Å². The summed E-state index contributed by atoms with van der Waals surface area (Å²) in [6.45, 7) is 1.74. The second-order valence-corrected chi connectivity index (χ2v) is 1.05. The van der Waals surface area contributed by atoms with Gasteiger partial charge in [-0.05, 0) is 5.75 Å². The first-order valence-corrected chi connectivity index (χ1v) is 2.15. The van der Waals surface area contributed by atoms with Crippen molar-refractivity contribution >= 4 is 19.1 Å². The van der Waals surface area contributed by atoms with Crippen LogP contribution in [0.1, 0.15) is 6.92 Å². The van der Waals surface area contributed by atoms with Crippen molar-refractivity contribution in [3.63, 3.8) is 0 Å². The Kier molecular flexibility index (Phi) is 32.8. The monoisotopic (exact) mass is 108 g/mol. The molecule has 1 N–H and O–H groups in total. The predicted octanol–water partition coefficient (Wildman–Crippen LogP) is 0.637. The average Bonchev–Trinajstić information content (AvgIpc) is 1.39. The Balaban J connectivity index is 0. The van der Waals surface area contributed by atoms with Crippen LogP contribution in [0.15, 0.2) is 0 Å². The van der Waals surface area contributed by atoms with Gasteiger partial charge in [0, 0.05) is 0 Å². The highest BCUT2D eigenvalue weighted by Gasteiger charge is 1.35. The molecule has 6 heavy (non-hydrogen) atoms. The molecule has 0 fully saturated rings. The minimum atomic E-state index is -0.250. The topological polar surface area (TPSA) is 37.3 Å². The third-order valence-corrected chi connectivity index (χ3v) is 0. The van der Waals surface area contributed by atoms with Gasteiger partial charge in [0.2, 0.25) is 0 Å². The van der Waals surface area contributed by atoms with Crippen LogP contribution in [0.4, 0.5) is 0 Å². The summed E-state index contributed by atoms with van der Waals surface area (Å²) in [5.41, 5.74) is 0. The van der Waals surface area contributed by atoms with Gasteiger partial charge in [0.05, 0.1) is 0 Å². The SMILES string of the molecule is CCS.O=CO. The Morgan fingerprint density at radius 3 is 2.00 bits per heavy atom. The third-order valence-electron chi connectivity index (χ3n) is 0. The molecule has 0 aliphatic heterocycles. The van der Waals surface area contributed by atoms with E-state index in [4.69, 9.17) is 9.90 Å². The van der Waals surface area contributed by atoms with E-state index in [1.165, 1.54) is 0 Å². The van der Waals surface area contributed by atoms with Gasteiger partial charge >= 0.3 is 0 Å². The molecule has 3 heteroatoms. The number of rotatable bonds is 0. The van der Waals surface area contributed by atoms with Crippen LogP contribution >= 0.6 is 12.6 Å². The maximum absolute atomic E-state index is 8.36. The molecule has 0 aromatic rings. The lowest BCUT2D eigenvalue weighted by Crippen LogP contribution is -1.49. The van der Waals surface area contributed by atoms with Gasteiger partial charge in [-0.1, -0.05) is 6.92 Å². The summed E-state index contributed by atoms with van der Waals surface area (Å²) >= 11 is 3.79. The van der Waals surface area contributed by atoms with Crippen LogP contribution in [-0.4, -0.2) is 17.3 Å². The number of carboxylic acid groups (broad SMARTS) is 1. The normalized spacial score (nSPS) is 5.00. The van der Waals surface area contributed by atoms with Crippen molar-refractivity contribution in [1.29, 1.82) is 0 Å². The van der Waals surface area contributed by atoms with Gasteiger partial charge in [-0.25, -0.2) is 0 Å². The molecule has 0 rings (SSSR count). The second kappa shape index (κ2) is 21.2. The Morgan fingerprint density at radius 1 is 2.00 bits per heavy atom. The van der Waals surface area contributed by atoms with E-state index in [1.807, 2.05) is 6.92 Å². The van der Waals surface area contributed by atoms with E-state index in [9.17, 15) is 0 Å². The molecule has 0 aromatic heterocycles. The van der Waals surface area contributed by atoms with Gasteiger partial charge in [-0.15, -0.1) is 0 Å². The van der Waals surface area contributed by atoms with Crippen LogP contribution in [0.3, 0.4) is 0 Å². The van der Waals surface area contributed by atoms with Crippen molar-refractivity contribution in [2.24, 2.45) is 0 Å². The fourth-order valence-corrected chi connectivity index (χ4v) is 0. The summed E-state index contributed by atoms with van der Waals surface area (Å²) < 4.78 is 0. The highest BCUT2D eigenvalue weighted by Crippen LogP contribution is 1.58. The fraction of sp³-hybridized carbons (Fsp3) is 0.667. The van der Waals surface area contributed by atoms with Gasteiger partial charge in [0.15, 0.2) is 0 Å². The molecule has 0 radical (unpaired) electrons. The zero-order valence-electron chi connectivity index (χ0n) is 3.59. The zero-order valence-corrected chi connectivity index (χ0v) is 4.48. The van der Waals surface area contributed by atoms with E-state index in [-0.39, 0.29) is 6.47 Å². The lowest BCUT2D eigenvalue weighted by atomic mass is 11.0. The van der Waals surface area contributed by atoms with Crippen LogP contribution in [0.5, 0.6) is 0 Å². The highest BCUT2D eigenvalue weighted by molar-refractivity contribution is 7.80. The first-order chi connectivity index (χ1) is 2.83. The van der Waals surface area contributed by atoms with Gasteiger partial charge in [-0.2, -0.15) is 12.6 Å². The van der Waals surface area contributed by atoms with Crippen LogP contribution < -0.4 is 0 Å². The maximum Gasteiger partial charge on any atom is 0.290 e.